The average Bonchev–Trinajstić information content (AvgIpc) is 3.66. The van der Waals surface area contributed by atoms with Crippen LogP contribution in [0.2, 0.25) is 0 Å². The quantitative estimate of drug-likeness (QED) is 0.171. The molecule has 0 fully saturated rings. The van der Waals surface area contributed by atoms with Crippen molar-refractivity contribution in [1.29, 1.82) is 0 Å². The Morgan fingerprint density at radius 3 is 2.00 bits per heavy atom. The number of anilines is 1. The molecule has 5 aromatic carbocycles. The molecule has 2 heterocycles. The van der Waals surface area contributed by atoms with Gasteiger partial charge in [0.25, 0.3) is 10.0 Å². The average molecular weight is 656 g/mol. The molecule has 0 radical (unpaired) electrons. The van der Waals surface area contributed by atoms with Crippen molar-refractivity contribution in [2.75, 3.05) is 19.2 Å². The molecule has 5 aromatic rings. The van der Waals surface area contributed by atoms with Crippen LogP contribution in [0.25, 0.3) is 5.76 Å². The molecule has 0 saturated heterocycles. The van der Waals surface area contributed by atoms with E-state index in [2.05, 4.69) is 4.40 Å². The van der Waals surface area contributed by atoms with Gasteiger partial charge >= 0.3 is 0 Å². The Morgan fingerprint density at radius 2 is 1.38 bits per heavy atom. The van der Waals surface area contributed by atoms with E-state index in [0.29, 0.717) is 34.2 Å². The number of aryl methyl sites for hydroxylation is 1. The molecule has 240 valence electrons. The highest BCUT2D eigenvalue weighted by Gasteiger charge is 2.61. The van der Waals surface area contributed by atoms with Crippen LogP contribution in [0.15, 0.2) is 154 Å². The number of methoxy groups -OCH3 is 2. The highest BCUT2D eigenvalue weighted by atomic mass is 32.2. The van der Waals surface area contributed by atoms with Crippen molar-refractivity contribution >= 4 is 33.1 Å². The number of hydrogen-bond donors (Lipinski definition) is 0. The second-order valence-corrected chi connectivity index (χ2v) is 13.1. The number of ether oxygens (including phenoxy) is 3. The molecule has 0 N–H and O–H groups in total. The zero-order valence-corrected chi connectivity index (χ0v) is 27.5. The second kappa shape index (κ2) is 12.5. The highest BCUT2D eigenvalue weighted by molar-refractivity contribution is 7.90. The molecule has 0 aromatic heterocycles. The minimum atomic E-state index is -4.26. The van der Waals surface area contributed by atoms with Crippen molar-refractivity contribution < 1.29 is 22.6 Å². The molecule has 0 amide bonds. The normalized spacial score (nSPS) is 19.6. The van der Waals surface area contributed by atoms with E-state index in [4.69, 9.17) is 19.3 Å². The van der Waals surface area contributed by atoms with Gasteiger partial charge in [-0.2, -0.15) is 13.5 Å². The van der Waals surface area contributed by atoms with Gasteiger partial charge in [0.1, 0.15) is 5.76 Å². The summed E-state index contributed by atoms with van der Waals surface area (Å²) in [5.41, 5.74) is 3.22. The fraction of sp³-hybridized carbons (Fsp3) is 0.128. The molecule has 0 bridgehead atoms. The van der Waals surface area contributed by atoms with Crippen molar-refractivity contribution in [3.05, 3.63) is 162 Å². The van der Waals surface area contributed by atoms with Crippen molar-refractivity contribution in [2.24, 2.45) is 9.50 Å². The predicted octanol–water partition coefficient (Wildman–Crippen LogP) is 7.62. The van der Waals surface area contributed by atoms with E-state index in [-0.39, 0.29) is 10.8 Å². The Bertz CT molecular complexity index is 2150. The summed E-state index contributed by atoms with van der Waals surface area (Å²) in [7, 11) is -1.08. The first-order valence-corrected chi connectivity index (χ1v) is 16.9. The molecule has 7 rings (SSSR count). The van der Waals surface area contributed by atoms with Gasteiger partial charge in [-0.15, -0.1) is 4.40 Å². The Balaban J connectivity index is 1.59. The highest BCUT2D eigenvalue weighted by Crippen LogP contribution is 2.54. The monoisotopic (exact) mass is 655 g/mol. The Hall–Kier alpha value is -5.67. The molecular weight excluding hydrogens is 623 g/mol. The fourth-order valence-electron chi connectivity index (χ4n) is 6.32. The van der Waals surface area contributed by atoms with E-state index in [1.807, 2.05) is 127 Å². The molecule has 0 saturated carbocycles. The van der Waals surface area contributed by atoms with Crippen molar-refractivity contribution in [3.8, 4) is 11.5 Å². The number of hydrogen-bond acceptors (Lipinski definition) is 7. The maximum absolute atomic E-state index is 14.2. The van der Waals surface area contributed by atoms with Crippen LogP contribution in [0.5, 0.6) is 11.5 Å². The summed E-state index contributed by atoms with van der Waals surface area (Å²) in [6.45, 7) is 1.90. The van der Waals surface area contributed by atoms with E-state index in [0.717, 1.165) is 16.7 Å². The van der Waals surface area contributed by atoms with E-state index in [9.17, 15) is 8.42 Å². The van der Waals surface area contributed by atoms with Crippen molar-refractivity contribution in [1.82, 2.24) is 0 Å². The standard InChI is InChI=1S/C39H33N3O5S/c1-27-22-24-31(25-23-27)48(43,44)41-38-39(26-34(47-38)28-14-7-4-8-15-28)35(32-20-13-21-33(45-2)37(32)46-3)36(29-16-9-5-10-17-29)40-42(39)30-18-11-6-12-19-30/h4-26,35H,1-3H3. The van der Waals surface area contributed by atoms with Crippen LogP contribution in [-0.2, 0) is 14.8 Å². The van der Waals surface area contributed by atoms with Crippen LogP contribution in [0.4, 0.5) is 5.69 Å². The summed E-state index contributed by atoms with van der Waals surface area (Å²) in [6, 6.07) is 41.2. The third-order valence-electron chi connectivity index (χ3n) is 8.57. The molecule has 2 aliphatic rings. The van der Waals surface area contributed by atoms with Gasteiger partial charge in [-0.3, -0.25) is 0 Å². The van der Waals surface area contributed by atoms with Crippen LogP contribution < -0.4 is 14.5 Å². The van der Waals surface area contributed by atoms with E-state index in [1.54, 1.807) is 38.5 Å². The Labute approximate surface area is 280 Å². The van der Waals surface area contributed by atoms with E-state index < -0.39 is 21.5 Å². The molecule has 2 aliphatic heterocycles. The van der Waals surface area contributed by atoms with Crippen LogP contribution in [-0.4, -0.2) is 39.8 Å². The minimum Gasteiger partial charge on any atom is -0.493 e. The lowest BCUT2D eigenvalue weighted by Crippen LogP contribution is -2.52. The topological polar surface area (TPSA) is 89.8 Å². The lowest BCUT2D eigenvalue weighted by atomic mass is 9.74. The van der Waals surface area contributed by atoms with Gasteiger partial charge in [0.2, 0.25) is 5.90 Å². The van der Waals surface area contributed by atoms with E-state index >= 15 is 0 Å². The van der Waals surface area contributed by atoms with Gasteiger partial charge in [0.05, 0.1) is 36.4 Å². The van der Waals surface area contributed by atoms with Gasteiger partial charge in [-0.25, -0.2) is 5.01 Å². The van der Waals surface area contributed by atoms with Crippen molar-refractivity contribution in [2.45, 2.75) is 23.3 Å². The molecule has 0 aliphatic carbocycles. The van der Waals surface area contributed by atoms with Crippen LogP contribution in [0.1, 0.15) is 28.2 Å². The third kappa shape index (κ3) is 5.32. The molecule has 1 spiro atoms. The smallest absolute Gasteiger partial charge is 0.285 e. The van der Waals surface area contributed by atoms with Crippen LogP contribution in [0, 0.1) is 6.92 Å². The van der Waals surface area contributed by atoms with Gasteiger partial charge in [-0.05, 0) is 48.9 Å². The molecule has 9 heteroatoms. The zero-order chi connectivity index (χ0) is 33.3. The zero-order valence-electron chi connectivity index (χ0n) is 26.6. The first kappa shape index (κ1) is 31.0. The lowest BCUT2D eigenvalue weighted by molar-refractivity contribution is 0.349. The number of nitrogens with zero attached hydrogens (tertiary/aromatic N) is 3. The second-order valence-electron chi connectivity index (χ2n) is 11.5. The summed E-state index contributed by atoms with van der Waals surface area (Å²) >= 11 is 0. The first-order chi connectivity index (χ1) is 23.4. The number of hydrazone groups is 1. The molecule has 2 unspecified atom stereocenters. The summed E-state index contributed by atoms with van der Waals surface area (Å²) < 4.78 is 51.2. The summed E-state index contributed by atoms with van der Waals surface area (Å²) in [5, 5.41) is 7.12. The predicted molar refractivity (Wildman–Crippen MR) is 188 cm³/mol. The first-order valence-electron chi connectivity index (χ1n) is 15.4. The lowest BCUT2D eigenvalue weighted by Gasteiger charge is -2.36. The summed E-state index contributed by atoms with van der Waals surface area (Å²) in [4.78, 5) is 0.0523. The number of benzene rings is 5. The van der Waals surface area contributed by atoms with Gasteiger partial charge in [0, 0.05) is 11.1 Å². The maximum Gasteiger partial charge on any atom is 0.285 e. The Kier molecular flexibility index (Phi) is 8.06. The fourth-order valence-corrected chi connectivity index (χ4v) is 7.31. The molecule has 48 heavy (non-hydrogen) atoms. The number of para-hydroxylation sites is 2. The minimum absolute atomic E-state index is 0.0460. The number of sulfonamides is 1. The summed E-state index contributed by atoms with van der Waals surface area (Å²) in [6.07, 6.45) is 1.93. The van der Waals surface area contributed by atoms with E-state index in [1.165, 1.54) is 0 Å². The van der Waals surface area contributed by atoms with Crippen LogP contribution in [0.3, 0.4) is 0 Å². The summed E-state index contributed by atoms with van der Waals surface area (Å²) in [5.74, 6) is 0.734. The van der Waals surface area contributed by atoms with Crippen LogP contribution >= 0.6 is 0 Å². The van der Waals surface area contributed by atoms with Crippen molar-refractivity contribution in [3.63, 3.8) is 0 Å². The van der Waals surface area contributed by atoms with Gasteiger partial charge < -0.3 is 14.2 Å². The Morgan fingerprint density at radius 1 is 0.750 bits per heavy atom. The molecular formula is C39H33N3O5S. The third-order valence-corrected chi connectivity index (χ3v) is 9.84. The SMILES string of the molecule is COc1cccc(C2C(c3ccccc3)=NN(c3ccccc3)C23C=C(c2ccccc2)OC3=NS(=O)(=O)c2ccc(C)cc2)c1OC. The van der Waals surface area contributed by atoms with Gasteiger partial charge in [0.15, 0.2) is 17.0 Å². The maximum atomic E-state index is 14.2. The molecule has 8 nitrogen and oxygen atoms in total. The van der Waals surface area contributed by atoms with Gasteiger partial charge in [-0.1, -0.05) is 109 Å². The number of rotatable bonds is 8. The largest absolute Gasteiger partial charge is 0.493 e. The molecule has 2 atom stereocenters.